The summed E-state index contributed by atoms with van der Waals surface area (Å²) in [6, 6.07) is 6.23. The Morgan fingerprint density at radius 3 is 2.21 bits per heavy atom. The lowest BCUT2D eigenvalue weighted by Crippen LogP contribution is -1.94. The molecular weight excluding hydrogens is 170 g/mol. The van der Waals surface area contributed by atoms with Gasteiger partial charge in [0.25, 0.3) is 0 Å². The topological polar surface area (TPSA) is 26.0 Å². The summed E-state index contributed by atoms with van der Waals surface area (Å²) in [6.45, 7) is 8.38. The first-order chi connectivity index (χ1) is 6.77. The summed E-state index contributed by atoms with van der Waals surface area (Å²) in [7, 11) is 0. The first-order valence-corrected chi connectivity index (χ1v) is 5.65. The summed E-state index contributed by atoms with van der Waals surface area (Å²) in [5.41, 5.74) is 9.43. The van der Waals surface area contributed by atoms with Gasteiger partial charge in [-0.3, -0.25) is 0 Å². The maximum atomic E-state index is 5.70. The molecule has 0 aliphatic rings. The third-order valence-electron chi connectivity index (χ3n) is 2.13. The number of hydrogen-bond donors (Lipinski definition) is 1. The number of hydrogen-bond acceptors (Lipinski definition) is 1. The molecule has 0 spiro atoms. The third-order valence-corrected chi connectivity index (χ3v) is 2.13. The van der Waals surface area contributed by atoms with E-state index in [-0.39, 0.29) is 0 Å². The average molecular weight is 193 g/mol. The molecule has 0 unspecified atom stereocenters. The van der Waals surface area contributed by atoms with E-state index in [1.165, 1.54) is 24.0 Å². The SMILES string of the molecule is CC.CCCc1ccc(N)cc1CC. The summed E-state index contributed by atoms with van der Waals surface area (Å²) in [5.74, 6) is 0. The molecule has 0 saturated heterocycles. The third kappa shape index (κ3) is 3.82. The Labute approximate surface area is 88.3 Å². The van der Waals surface area contributed by atoms with Crippen LogP contribution < -0.4 is 5.73 Å². The Hall–Kier alpha value is -0.980. The summed E-state index contributed by atoms with van der Waals surface area (Å²) in [6.07, 6.45) is 3.46. The van der Waals surface area contributed by atoms with Crippen molar-refractivity contribution in [2.45, 2.75) is 47.0 Å². The Balaban J connectivity index is 0.000000791. The maximum absolute atomic E-state index is 5.70. The van der Waals surface area contributed by atoms with Gasteiger partial charge in [0.2, 0.25) is 0 Å². The van der Waals surface area contributed by atoms with Crippen LogP contribution in [0.1, 0.15) is 45.2 Å². The molecule has 0 aliphatic heterocycles. The van der Waals surface area contributed by atoms with E-state index in [0.29, 0.717) is 0 Å². The second-order valence-corrected chi connectivity index (χ2v) is 3.13. The molecule has 14 heavy (non-hydrogen) atoms. The predicted molar refractivity (Wildman–Crippen MR) is 65.6 cm³/mol. The van der Waals surface area contributed by atoms with Crippen molar-refractivity contribution in [2.24, 2.45) is 0 Å². The Kier molecular flexibility index (Phi) is 6.91. The highest BCUT2D eigenvalue weighted by Crippen LogP contribution is 2.15. The van der Waals surface area contributed by atoms with Crippen LogP contribution in [0.3, 0.4) is 0 Å². The molecule has 80 valence electrons. The minimum atomic E-state index is 0.881. The highest BCUT2D eigenvalue weighted by Gasteiger charge is 1.99. The van der Waals surface area contributed by atoms with Gasteiger partial charge in [0.15, 0.2) is 0 Å². The molecular formula is C13H23N. The van der Waals surface area contributed by atoms with Gasteiger partial charge in [0.05, 0.1) is 0 Å². The molecule has 0 amide bonds. The predicted octanol–water partition coefficient (Wildman–Crippen LogP) is 3.81. The zero-order valence-electron chi connectivity index (χ0n) is 9.93. The molecule has 0 atom stereocenters. The van der Waals surface area contributed by atoms with Gasteiger partial charge in [0.1, 0.15) is 0 Å². The normalized spacial score (nSPS) is 9.14. The van der Waals surface area contributed by atoms with E-state index in [1.807, 2.05) is 19.9 Å². The lowest BCUT2D eigenvalue weighted by molar-refractivity contribution is 0.900. The maximum Gasteiger partial charge on any atom is 0.0316 e. The molecule has 1 nitrogen and oxygen atoms in total. The van der Waals surface area contributed by atoms with Gasteiger partial charge in [-0.1, -0.05) is 40.2 Å². The fourth-order valence-corrected chi connectivity index (χ4v) is 1.49. The van der Waals surface area contributed by atoms with Crippen LogP contribution in [0.15, 0.2) is 18.2 Å². The molecule has 1 heteroatoms. The van der Waals surface area contributed by atoms with Gasteiger partial charge in [0, 0.05) is 5.69 Å². The van der Waals surface area contributed by atoms with Crippen molar-refractivity contribution in [3.8, 4) is 0 Å². The molecule has 0 aliphatic carbocycles. The van der Waals surface area contributed by atoms with Crippen LogP contribution in [0.25, 0.3) is 0 Å². The van der Waals surface area contributed by atoms with E-state index in [1.54, 1.807) is 0 Å². The molecule has 2 N–H and O–H groups in total. The molecule has 0 bridgehead atoms. The molecule has 0 fully saturated rings. The quantitative estimate of drug-likeness (QED) is 0.726. The first-order valence-electron chi connectivity index (χ1n) is 5.65. The fraction of sp³-hybridized carbons (Fsp3) is 0.538. The summed E-state index contributed by atoms with van der Waals surface area (Å²) in [4.78, 5) is 0. The Morgan fingerprint density at radius 2 is 1.71 bits per heavy atom. The average Bonchev–Trinajstić information content (AvgIpc) is 2.24. The van der Waals surface area contributed by atoms with E-state index < -0.39 is 0 Å². The van der Waals surface area contributed by atoms with Crippen LogP contribution >= 0.6 is 0 Å². The summed E-state index contributed by atoms with van der Waals surface area (Å²) < 4.78 is 0. The van der Waals surface area contributed by atoms with Crippen LogP contribution in [-0.4, -0.2) is 0 Å². The number of aryl methyl sites for hydroxylation is 2. The summed E-state index contributed by atoms with van der Waals surface area (Å²) in [5, 5.41) is 0. The van der Waals surface area contributed by atoms with Crippen LogP contribution in [0, 0.1) is 0 Å². The smallest absolute Gasteiger partial charge is 0.0316 e. The van der Waals surface area contributed by atoms with Gasteiger partial charge in [-0.25, -0.2) is 0 Å². The second-order valence-electron chi connectivity index (χ2n) is 3.13. The van der Waals surface area contributed by atoms with Crippen LogP contribution in [0.2, 0.25) is 0 Å². The molecule has 0 aromatic heterocycles. The van der Waals surface area contributed by atoms with E-state index in [2.05, 4.69) is 26.0 Å². The number of nitrogen functional groups attached to an aromatic ring is 1. The zero-order chi connectivity index (χ0) is 11.0. The van der Waals surface area contributed by atoms with E-state index in [9.17, 15) is 0 Å². The van der Waals surface area contributed by atoms with Gasteiger partial charge in [-0.2, -0.15) is 0 Å². The Bertz CT molecular complexity index is 253. The highest BCUT2D eigenvalue weighted by atomic mass is 14.5. The fourth-order valence-electron chi connectivity index (χ4n) is 1.49. The molecule has 1 aromatic rings. The van der Waals surface area contributed by atoms with Gasteiger partial charge >= 0.3 is 0 Å². The van der Waals surface area contributed by atoms with Crippen molar-refractivity contribution >= 4 is 5.69 Å². The van der Waals surface area contributed by atoms with Crippen molar-refractivity contribution in [1.82, 2.24) is 0 Å². The van der Waals surface area contributed by atoms with E-state index >= 15 is 0 Å². The first kappa shape index (κ1) is 13.0. The number of benzene rings is 1. The molecule has 0 heterocycles. The monoisotopic (exact) mass is 193 g/mol. The van der Waals surface area contributed by atoms with Crippen molar-refractivity contribution in [3.63, 3.8) is 0 Å². The van der Waals surface area contributed by atoms with Crippen LogP contribution in [0.5, 0.6) is 0 Å². The number of rotatable bonds is 3. The number of anilines is 1. The molecule has 1 aromatic carbocycles. The minimum absolute atomic E-state index is 0.881. The van der Waals surface area contributed by atoms with Crippen LogP contribution in [0.4, 0.5) is 5.69 Å². The molecule has 0 saturated carbocycles. The Morgan fingerprint density at radius 1 is 1.07 bits per heavy atom. The largest absolute Gasteiger partial charge is 0.399 e. The lowest BCUT2D eigenvalue weighted by Gasteiger charge is -2.06. The molecule has 0 radical (unpaired) electrons. The van der Waals surface area contributed by atoms with Crippen molar-refractivity contribution in [2.75, 3.05) is 5.73 Å². The minimum Gasteiger partial charge on any atom is -0.399 e. The van der Waals surface area contributed by atoms with Gasteiger partial charge in [-0.05, 0) is 36.1 Å². The van der Waals surface area contributed by atoms with Crippen molar-refractivity contribution in [1.29, 1.82) is 0 Å². The van der Waals surface area contributed by atoms with E-state index in [4.69, 9.17) is 5.73 Å². The van der Waals surface area contributed by atoms with Crippen LogP contribution in [-0.2, 0) is 12.8 Å². The van der Waals surface area contributed by atoms with Crippen molar-refractivity contribution in [3.05, 3.63) is 29.3 Å². The van der Waals surface area contributed by atoms with Gasteiger partial charge in [-0.15, -0.1) is 0 Å². The molecule has 1 rings (SSSR count). The number of nitrogens with two attached hydrogens (primary N) is 1. The second kappa shape index (κ2) is 7.43. The van der Waals surface area contributed by atoms with Crippen molar-refractivity contribution < 1.29 is 0 Å². The standard InChI is InChI=1S/C11H17N.C2H6/c1-3-5-10-6-7-11(12)8-9(10)4-2;1-2/h6-8H,3-5,12H2,1-2H3;1-2H3. The summed E-state index contributed by atoms with van der Waals surface area (Å²) >= 11 is 0. The zero-order valence-corrected chi connectivity index (χ0v) is 9.93. The van der Waals surface area contributed by atoms with Gasteiger partial charge < -0.3 is 5.73 Å². The van der Waals surface area contributed by atoms with E-state index in [0.717, 1.165) is 12.1 Å². The highest BCUT2D eigenvalue weighted by molar-refractivity contribution is 5.44. The lowest BCUT2D eigenvalue weighted by atomic mass is 10.0.